The maximum Gasteiger partial charge on any atom is 0.0594 e. The average molecular weight is 632 g/mol. The van der Waals surface area contributed by atoms with E-state index >= 15 is 0 Å². The van der Waals surface area contributed by atoms with Crippen LogP contribution in [-0.4, -0.2) is 24.6 Å². The van der Waals surface area contributed by atoms with E-state index < -0.39 is 7.26 Å². The summed E-state index contributed by atoms with van der Waals surface area (Å²) in [6.07, 6.45) is 54.2. The molecule has 0 spiro atoms. The van der Waals surface area contributed by atoms with Gasteiger partial charge in [0.05, 0.1) is 24.6 Å². The van der Waals surface area contributed by atoms with E-state index in [4.69, 9.17) is 0 Å². The zero-order valence-corrected chi connectivity index (χ0v) is 31.9. The van der Waals surface area contributed by atoms with Crippen molar-refractivity contribution in [2.45, 2.75) is 233 Å². The van der Waals surface area contributed by atoms with Crippen LogP contribution in [-0.2, 0) is 0 Å². The Hall–Kier alpha value is 0.720. The van der Waals surface area contributed by atoms with Crippen molar-refractivity contribution in [2.24, 2.45) is 0 Å². The van der Waals surface area contributed by atoms with Crippen LogP contribution < -0.4 is 12.4 Å². The first-order chi connectivity index (χ1) is 20.2. The summed E-state index contributed by atoms with van der Waals surface area (Å²) in [5.41, 5.74) is 0. The average Bonchev–Trinajstić information content (AvgIpc) is 2.98. The minimum absolute atomic E-state index is 0. The Morgan fingerprint density at radius 1 is 0.214 bits per heavy atom. The Balaban J connectivity index is 0. The van der Waals surface area contributed by atoms with Gasteiger partial charge in [0.1, 0.15) is 0 Å². The Morgan fingerprint density at radius 3 is 0.524 bits per heavy atom. The zero-order valence-electron chi connectivity index (χ0n) is 30.3. The summed E-state index contributed by atoms with van der Waals surface area (Å²) in [5, 5.41) is 0. The minimum atomic E-state index is -0.761. The standard InChI is InChI=1S/C40H84P.ClH/c1-5-9-13-17-21-25-29-33-37-41(38-34-30-26-22-18-14-10-6-2,39-35-31-27-23-19-15-11-7-3)40-36-32-28-24-20-16-12-8-4;/h5-40H2,1-4H3;1H/q+1;/p-1. The van der Waals surface area contributed by atoms with Crippen molar-refractivity contribution in [1.82, 2.24) is 0 Å². The summed E-state index contributed by atoms with van der Waals surface area (Å²) in [7, 11) is -0.761. The number of unbranched alkanes of at least 4 members (excludes halogenated alkanes) is 28. The molecule has 42 heavy (non-hydrogen) atoms. The first-order valence-corrected chi connectivity index (χ1v) is 22.6. The summed E-state index contributed by atoms with van der Waals surface area (Å²) >= 11 is 0. The molecule has 256 valence electrons. The highest BCUT2D eigenvalue weighted by molar-refractivity contribution is 7.75. The van der Waals surface area contributed by atoms with E-state index in [9.17, 15) is 0 Å². The Kier molecular flexibility index (Phi) is 40.5. The molecule has 0 aliphatic rings. The lowest BCUT2D eigenvalue weighted by atomic mass is 10.1. The largest absolute Gasteiger partial charge is 1.00 e. The fourth-order valence-electron chi connectivity index (χ4n) is 7.00. The molecule has 2 heteroatoms. The van der Waals surface area contributed by atoms with Crippen LogP contribution in [0.1, 0.15) is 233 Å². The van der Waals surface area contributed by atoms with E-state index in [1.54, 1.807) is 50.3 Å². The van der Waals surface area contributed by atoms with Gasteiger partial charge in [0.25, 0.3) is 0 Å². The second-order valence-corrected chi connectivity index (χ2v) is 18.6. The molecular weight excluding hydrogens is 547 g/mol. The maximum absolute atomic E-state index is 2.34. The third-order valence-electron chi connectivity index (χ3n) is 9.94. The molecule has 0 radical (unpaired) electrons. The number of hydrogen-bond acceptors (Lipinski definition) is 0. The van der Waals surface area contributed by atoms with Crippen LogP contribution in [0.4, 0.5) is 0 Å². The third-order valence-corrected chi connectivity index (χ3v) is 15.0. The van der Waals surface area contributed by atoms with Crippen molar-refractivity contribution >= 4 is 7.26 Å². The van der Waals surface area contributed by atoms with Crippen LogP contribution in [0, 0.1) is 0 Å². The van der Waals surface area contributed by atoms with Gasteiger partial charge in [-0.25, -0.2) is 0 Å². The van der Waals surface area contributed by atoms with Gasteiger partial charge in [-0.15, -0.1) is 0 Å². The maximum atomic E-state index is 2.34. The fourth-order valence-corrected chi connectivity index (χ4v) is 11.9. The topological polar surface area (TPSA) is 0 Å². The fraction of sp³-hybridized carbons (Fsp3) is 1.00. The molecule has 0 bridgehead atoms. The van der Waals surface area contributed by atoms with Gasteiger partial charge in [-0.2, -0.15) is 0 Å². The van der Waals surface area contributed by atoms with Crippen LogP contribution in [0.15, 0.2) is 0 Å². The minimum Gasteiger partial charge on any atom is -1.00 e. The smallest absolute Gasteiger partial charge is 0.0594 e. The van der Waals surface area contributed by atoms with Crippen molar-refractivity contribution in [3.05, 3.63) is 0 Å². The van der Waals surface area contributed by atoms with Crippen LogP contribution in [0.25, 0.3) is 0 Å². The molecule has 0 nitrogen and oxygen atoms in total. The number of rotatable bonds is 36. The van der Waals surface area contributed by atoms with Crippen molar-refractivity contribution < 1.29 is 12.4 Å². The van der Waals surface area contributed by atoms with Crippen molar-refractivity contribution in [3.63, 3.8) is 0 Å². The highest BCUT2D eigenvalue weighted by Gasteiger charge is 2.35. The molecule has 0 saturated carbocycles. The summed E-state index contributed by atoms with van der Waals surface area (Å²) in [5.74, 6) is 0. The van der Waals surface area contributed by atoms with Gasteiger partial charge < -0.3 is 12.4 Å². The molecule has 0 amide bonds. The Morgan fingerprint density at radius 2 is 0.357 bits per heavy atom. The molecule has 0 atom stereocenters. The first kappa shape index (κ1) is 44.8. The highest BCUT2D eigenvalue weighted by Crippen LogP contribution is 2.61. The molecule has 0 aliphatic carbocycles. The zero-order chi connectivity index (χ0) is 30.0. The summed E-state index contributed by atoms with van der Waals surface area (Å²) < 4.78 is 0. The van der Waals surface area contributed by atoms with Gasteiger partial charge in [-0.1, -0.05) is 182 Å². The quantitative estimate of drug-likeness (QED) is 0.0477. The first-order valence-electron chi connectivity index (χ1n) is 20.1. The van der Waals surface area contributed by atoms with E-state index in [-0.39, 0.29) is 12.4 Å². The molecule has 0 rings (SSSR count). The monoisotopic (exact) mass is 631 g/mol. The predicted octanol–water partition coefficient (Wildman–Crippen LogP) is 12.6. The molecule has 0 N–H and O–H groups in total. The third kappa shape index (κ3) is 32.1. The van der Waals surface area contributed by atoms with Crippen molar-refractivity contribution in [3.8, 4) is 0 Å². The Bertz CT molecular complexity index is 379. The van der Waals surface area contributed by atoms with Crippen molar-refractivity contribution in [1.29, 1.82) is 0 Å². The van der Waals surface area contributed by atoms with Gasteiger partial charge in [0, 0.05) is 7.26 Å². The Labute approximate surface area is 276 Å². The van der Waals surface area contributed by atoms with Gasteiger partial charge in [0.2, 0.25) is 0 Å². The van der Waals surface area contributed by atoms with Crippen LogP contribution in [0.3, 0.4) is 0 Å². The second-order valence-electron chi connectivity index (χ2n) is 14.1. The molecule has 0 unspecified atom stereocenters. The summed E-state index contributed by atoms with van der Waals surface area (Å²) in [6.45, 7) is 9.37. The number of halogens is 1. The van der Waals surface area contributed by atoms with Crippen molar-refractivity contribution in [2.75, 3.05) is 24.6 Å². The van der Waals surface area contributed by atoms with Gasteiger partial charge in [0.15, 0.2) is 0 Å². The molecule has 0 saturated heterocycles. The van der Waals surface area contributed by atoms with Crippen LogP contribution in [0.5, 0.6) is 0 Å². The molecule has 0 aromatic heterocycles. The highest BCUT2D eigenvalue weighted by atomic mass is 35.5. The van der Waals surface area contributed by atoms with E-state index in [1.165, 1.54) is 180 Å². The summed E-state index contributed by atoms with van der Waals surface area (Å²) in [4.78, 5) is 0. The molecular formula is C40H84ClP. The lowest BCUT2D eigenvalue weighted by molar-refractivity contribution is -0.00000930. The van der Waals surface area contributed by atoms with E-state index in [1.807, 2.05) is 0 Å². The van der Waals surface area contributed by atoms with E-state index in [2.05, 4.69) is 27.7 Å². The van der Waals surface area contributed by atoms with Crippen LogP contribution in [0.2, 0.25) is 0 Å². The molecule has 0 fully saturated rings. The molecule has 0 aromatic carbocycles. The van der Waals surface area contributed by atoms with E-state index in [0.29, 0.717) is 0 Å². The lowest BCUT2D eigenvalue weighted by Crippen LogP contribution is -3.00. The van der Waals surface area contributed by atoms with Gasteiger partial charge >= 0.3 is 0 Å². The van der Waals surface area contributed by atoms with Gasteiger partial charge in [-0.3, -0.25) is 0 Å². The molecule has 0 aliphatic heterocycles. The second kappa shape index (κ2) is 37.9. The van der Waals surface area contributed by atoms with E-state index in [0.717, 1.165) is 0 Å². The molecule has 0 aromatic rings. The summed E-state index contributed by atoms with van der Waals surface area (Å²) in [6, 6.07) is 0. The predicted molar refractivity (Wildman–Crippen MR) is 197 cm³/mol. The molecule has 0 heterocycles. The lowest BCUT2D eigenvalue weighted by Gasteiger charge is -2.28. The number of hydrogen-bond donors (Lipinski definition) is 0. The SMILES string of the molecule is CCCCCCCCCC[P+](CCCCCCCCCC)(CCCCCCCCCC)CCCCCCCCCC.[Cl-]. The van der Waals surface area contributed by atoms with Gasteiger partial charge in [-0.05, 0) is 51.4 Å². The van der Waals surface area contributed by atoms with Crippen LogP contribution >= 0.6 is 7.26 Å². The normalized spacial score (nSPS) is 11.7.